The fraction of sp³-hybridized carbons (Fsp3) is 0. The molecule has 7 aromatic carbocycles. The first-order valence-corrected chi connectivity index (χ1v) is 16.7. The smallest absolute Gasteiger partial charge is 0.238 e. The first kappa shape index (κ1) is 28.2. The third-order valence-corrected chi connectivity index (χ3v) is 9.48. The van der Waals surface area contributed by atoms with Crippen molar-refractivity contribution in [2.24, 2.45) is 0 Å². The molecule has 5 nitrogen and oxygen atoms in total. The van der Waals surface area contributed by atoms with Crippen molar-refractivity contribution in [3.05, 3.63) is 170 Å². The molecule has 5 heteroatoms. The molecule has 0 fully saturated rings. The molecule has 0 N–H and O–H groups in total. The maximum atomic E-state index is 6.65. The minimum Gasteiger partial charge on any atom is -0.455 e. The van der Waals surface area contributed by atoms with Gasteiger partial charge in [0.25, 0.3) is 0 Å². The van der Waals surface area contributed by atoms with Crippen LogP contribution in [-0.2, 0) is 0 Å². The van der Waals surface area contributed by atoms with Gasteiger partial charge in [-0.3, -0.25) is 4.57 Å². The van der Waals surface area contributed by atoms with Gasteiger partial charge in [-0.05, 0) is 34.9 Å². The van der Waals surface area contributed by atoms with E-state index in [0.29, 0.717) is 17.6 Å². The second kappa shape index (κ2) is 11.4. The molecule has 3 aromatic heterocycles. The highest BCUT2D eigenvalue weighted by molar-refractivity contribution is 6.21. The van der Waals surface area contributed by atoms with Crippen LogP contribution in [0.25, 0.3) is 94.7 Å². The van der Waals surface area contributed by atoms with E-state index in [1.165, 1.54) is 0 Å². The van der Waals surface area contributed by atoms with Gasteiger partial charge in [0.05, 0.1) is 11.0 Å². The Hall–Kier alpha value is -6.85. The van der Waals surface area contributed by atoms with Crippen LogP contribution in [0.15, 0.2) is 174 Å². The lowest BCUT2D eigenvalue weighted by atomic mass is 9.94. The standard InChI is InChI=1S/C45H28N4O/c1-4-15-29(16-5-1)32-22-12-25-36-41-34(24-14-28-39(41)50-42(32)36)33-23-13-27-38-40(33)35-21-10-11-26-37(35)49(38)45-47-43(30-17-6-2-7-18-30)46-44(48-45)31-19-8-3-9-20-31/h1-28H. The molecule has 3 heterocycles. The normalized spacial score (nSPS) is 11.6. The molecular formula is C45H28N4O. The highest BCUT2D eigenvalue weighted by Gasteiger charge is 2.22. The van der Waals surface area contributed by atoms with E-state index in [1.807, 2.05) is 66.7 Å². The summed E-state index contributed by atoms with van der Waals surface area (Å²) in [5, 5.41) is 4.44. The lowest BCUT2D eigenvalue weighted by Gasteiger charge is -2.11. The third kappa shape index (κ3) is 4.45. The molecule has 0 saturated carbocycles. The summed E-state index contributed by atoms with van der Waals surface area (Å²) in [6.07, 6.45) is 0. The Bertz CT molecular complexity index is 2800. The minimum atomic E-state index is 0.570. The zero-order valence-corrected chi connectivity index (χ0v) is 26.9. The minimum absolute atomic E-state index is 0.570. The first-order chi connectivity index (χ1) is 24.8. The summed E-state index contributed by atoms with van der Waals surface area (Å²) in [7, 11) is 0. The van der Waals surface area contributed by atoms with Crippen LogP contribution in [0, 0.1) is 0 Å². The van der Waals surface area contributed by atoms with Crippen molar-refractivity contribution in [1.29, 1.82) is 0 Å². The number of benzene rings is 7. The Morgan fingerprint density at radius 1 is 0.380 bits per heavy atom. The molecule has 0 aliphatic rings. The number of hydrogen-bond acceptors (Lipinski definition) is 4. The van der Waals surface area contributed by atoms with E-state index < -0.39 is 0 Å². The van der Waals surface area contributed by atoms with Gasteiger partial charge in [-0.1, -0.05) is 152 Å². The molecule has 0 saturated heterocycles. The van der Waals surface area contributed by atoms with Gasteiger partial charge in [0.1, 0.15) is 11.2 Å². The molecule has 50 heavy (non-hydrogen) atoms. The molecule has 234 valence electrons. The Morgan fingerprint density at radius 3 is 1.60 bits per heavy atom. The molecular weight excluding hydrogens is 613 g/mol. The van der Waals surface area contributed by atoms with E-state index in [4.69, 9.17) is 19.4 Å². The fourth-order valence-corrected chi connectivity index (χ4v) is 7.27. The summed E-state index contributed by atoms with van der Waals surface area (Å²) < 4.78 is 8.83. The second-order valence-electron chi connectivity index (χ2n) is 12.4. The SMILES string of the molecule is c1ccc(-c2nc(-c3ccccc3)nc(-n3c4ccccc4c4c(-c5cccc6oc7c(-c8ccccc8)cccc7c56)cccc43)n2)cc1. The summed E-state index contributed by atoms with van der Waals surface area (Å²) in [5.41, 5.74) is 10.1. The van der Waals surface area contributed by atoms with Gasteiger partial charge >= 0.3 is 0 Å². The predicted octanol–water partition coefficient (Wildman–Crippen LogP) is 11.5. The number of aromatic nitrogens is 4. The lowest BCUT2D eigenvalue weighted by Crippen LogP contribution is -2.06. The number of rotatable bonds is 5. The van der Waals surface area contributed by atoms with Gasteiger partial charge < -0.3 is 4.42 Å². The number of para-hydroxylation sites is 2. The Balaban J connectivity index is 1.26. The van der Waals surface area contributed by atoms with E-state index >= 15 is 0 Å². The largest absolute Gasteiger partial charge is 0.455 e. The number of fused-ring (bicyclic) bond motifs is 6. The monoisotopic (exact) mass is 640 g/mol. The van der Waals surface area contributed by atoms with Crippen molar-refractivity contribution in [2.75, 3.05) is 0 Å². The van der Waals surface area contributed by atoms with Crippen molar-refractivity contribution < 1.29 is 4.42 Å². The molecule has 10 rings (SSSR count). The zero-order valence-electron chi connectivity index (χ0n) is 26.9. The van der Waals surface area contributed by atoms with E-state index in [9.17, 15) is 0 Å². The number of hydrogen-bond donors (Lipinski definition) is 0. The van der Waals surface area contributed by atoms with Gasteiger partial charge in [-0.25, -0.2) is 4.98 Å². The molecule has 0 amide bonds. The molecule has 0 spiro atoms. The van der Waals surface area contributed by atoms with Crippen LogP contribution >= 0.6 is 0 Å². The Kier molecular flexibility index (Phi) is 6.42. The summed E-state index contributed by atoms with van der Waals surface area (Å²) in [5.74, 6) is 1.82. The van der Waals surface area contributed by atoms with Gasteiger partial charge in [0.15, 0.2) is 11.6 Å². The van der Waals surface area contributed by atoms with Crippen molar-refractivity contribution in [2.45, 2.75) is 0 Å². The summed E-state index contributed by atoms with van der Waals surface area (Å²) in [4.78, 5) is 15.2. The van der Waals surface area contributed by atoms with E-state index in [1.54, 1.807) is 0 Å². The molecule has 0 aliphatic heterocycles. The van der Waals surface area contributed by atoms with Crippen molar-refractivity contribution in [1.82, 2.24) is 19.5 Å². The van der Waals surface area contributed by atoms with Crippen LogP contribution in [-0.4, -0.2) is 19.5 Å². The number of furan rings is 1. The summed E-state index contributed by atoms with van der Waals surface area (Å²) >= 11 is 0. The summed E-state index contributed by atoms with van der Waals surface area (Å²) in [6, 6.07) is 58.4. The molecule has 0 aliphatic carbocycles. The first-order valence-electron chi connectivity index (χ1n) is 16.7. The molecule has 0 bridgehead atoms. The van der Waals surface area contributed by atoms with Crippen LogP contribution in [0.3, 0.4) is 0 Å². The lowest BCUT2D eigenvalue weighted by molar-refractivity contribution is 0.670. The third-order valence-electron chi connectivity index (χ3n) is 9.48. The van der Waals surface area contributed by atoms with Gasteiger partial charge in [0, 0.05) is 38.2 Å². The van der Waals surface area contributed by atoms with Gasteiger partial charge in [0.2, 0.25) is 5.95 Å². The van der Waals surface area contributed by atoms with E-state index in [2.05, 4.69) is 108 Å². The summed E-state index contributed by atoms with van der Waals surface area (Å²) in [6.45, 7) is 0. The van der Waals surface area contributed by atoms with Crippen LogP contribution in [0.2, 0.25) is 0 Å². The molecule has 0 radical (unpaired) electrons. The average molecular weight is 641 g/mol. The van der Waals surface area contributed by atoms with E-state index in [0.717, 1.165) is 77.1 Å². The van der Waals surface area contributed by atoms with Crippen LogP contribution in [0.1, 0.15) is 0 Å². The highest BCUT2D eigenvalue weighted by atomic mass is 16.3. The number of nitrogens with zero attached hydrogens (tertiary/aromatic N) is 4. The average Bonchev–Trinajstić information content (AvgIpc) is 3.75. The predicted molar refractivity (Wildman–Crippen MR) is 203 cm³/mol. The van der Waals surface area contributed by atoms with Gasteiger partial charge in [-0.15, -0.1) is 0 Å². The van der Waals surface area contributed by atoms with E-state index in [-0.39, 0.29) is 0 Å². The van der Waals surface area contributed by atoms with Crippen LogP contribution < -0.4 is 0 Å². The maximum Gasteiger partial charge on any atom is 0.238 e. The van der Waals surface area contributed by atoms with Crippen molar-refractivity contribution in [3.63, 3.8) is 0 Å². The zero-order chi connectivity index (χ0) is 33.0. The Morgan fingerprint density at radius 2 is 0.900 bits per heavy atom. The maximum absolute atomic E-state index is 6.65. The molecule has 0 atom stereocenters. The Labute approximate surface area is 287 Å². The van der Waals surface area contributed by atoms with Gasteiger partial charge in [-0.2, -0.15) is 9.97 Å². The highest BCUT2D eigenvalue weighted by Crippen LogP contribution is 2.44. The topological polar surface area (TPSA) is 56.7 Å². The quantitative estimate of drug-likeness (QED) is 0.188. The molecule has 10 aromatic rings. The van der Waals surface area contributed by atoms with Crippen molar-refractivity contribution in [3.8, 4) is 51.0 Å². The second-order valence-corrected chi connectivity index (χ2v) is 12.4. The van der Waals surface area contributed by atoms with Crippen LogP contribution in [0.4, 0.5) is 0 Å². The fourth-order valence-electron chi connectivity index (χ4n) is 7.27. The van der Waals surface area contributed by atoms with Crippen LogP contribution in [0.5, 0.6) is 0 Å². The van der Waals surface area contributed by atoms with Crippen molar-refractivity contribution >= 4 is 43.7 Å². The molecule has 0 unspecified atom stereocenters.